The van der Waals surface area contributed by atoms with Crippen LogP contribution in [0, 0.1) is 0 Å². The number of carbonyl (C=O) groups excluding carboxylic acids is 1. The van der Waals surface area contributed by atoms with Crippen molar-refractivity contribution in [2.24, 2.45) is 5.73 Å². The van der Waals surface area contributed by atoms with E-state index in [2.05, 4.69) is 50.4 Å². The smallest absolute Gasteiger partial charge is 0.249 e. The van der Waals surface area contributed by atoms with Crippen molar-refractivity contribution in [1.82, 2.24) is 5.32 Å². The first kappa shape index (κ1) is 18.9. The third-order valence-corrected chi connectivity index (χ3v) is 3.95. The number of ether oxygens (including phenoxy) is 1. The van der Waals surface area contributed by atoms with Crippen LogP contribution in [0.15, 0.2) is 24.3 Å². The minimum atomic E-state index is -0.340. The molecule has 1 fully saturated rings. The molecule has 0 bridgehead atoms. The maximum absolute atomic E-state index is 12.0. The van der Waals surface area contributed by atoms with E-state index >= 15 is 0 Å². The van der Waals surface area contributed by atoms with Crippen molar-refractivity contribution in [3.05, 3.63) is 35.4 Å². The summed E-state index contributed by atoms with van der Waals surface area (Å²) in [6.45, 7) is 7.59. The highest BCUT2D eigenvalue weighted by atomic mass is 35.5. The monoisotopic (exact) mass is 326 g/mol. The second kappa shape index (κ2) is 7.95. The van der Waals surface area contributed by atoms with Crippen LogP contribution in [0.3, 0.4) is 0 Å². The molecule has 3 N–H and O–H groups in total. The molecule has 1 aliphatic rings. The average Bonchev–Trinajstić information content (AvgIpc) is 2.93. The number of nitrogens with two attached hydrogens (primary N) is 1. The molecule has 5 heteroatoms. The molecule has 0 aliphatic carbocycles. The Morgan fingerprint density at radius 3 is 2.41 bits per heavy atom. The summed E-state index contributed by atoms with van der Waals surface area (Å²) in [6, 6.07) is 8.38. The number of nitrogens with one attached hydrogen (secondary N) is 1. The van der Waals surface area contributed by atoms with Gasteiger partial charge in [0.25, 0.3) is 0 Å². The zero-order valence-electron chi connectivity index (χ0n) is 13.6. The van der Waals surface area contributed by atoms with Gasteiger partial charge >= 0.3 is 0 Å². The summed E-state index contributed by atoms with van der Waals surface area (Å²) >= 11 is 0. The van der Waals surface area contributed by atoms with Crippen LogP contribution in [-0.4, -0.2) is 24.7 Å². The molecule has 1 aliphatic heterocycles. The van der Waals surface area contributed by atoms with Crippen molar-refractivity contribution >= 4 is 18.3 Å². The van der Waals surface area contributed by atoms with Crippen LogP contribution in [0.4, 0.5) is 0 Å². The van der Waals surface area contributed by atoms with E-state index in [1.165, 1.54) is 5.56 Å². The minimum absolute atomic E-state index is 0. The van der Waals surface area contributed by atoms with Crippen LogP contribution >= 0.6 is 12.4 Å². The lowest BCUT2D eigenvalue weighted by Gasteiger charge is -2.19. The van der Waals surface area contributed by atoms with E-state index in [-0.39, 0.29) is 35.9 Å². The van der Waals surface area contributed by atoms with Crippen molar-refractivity contribution in [3.8, 4) is 0 Å². The van der Waals surface area contributed by atoms with Crippen LogP contribution in [-0.2, 0) is 21.5 Å². The number of halogens is 1. The van der Waals surface area contributed by atoms with Crippen molar-refractivity contribution in [3.63, 3.8) is 0 Å². The maximum atomic E-state index is 12.0. The lowest BCUT2D eigenvalue weighted by molar-refractivity contribution is -0.132. The molecule has 0 aromatic heterocycles. The lowest BCUT2D eigenvalue weighted by Crippen LogP contribution is -2.35. The highest BCUT2D eigenvalue weighted by molar-refractivity contribution is 5.85. The molecule has 1 aromatic carbocycles. The number of carbonyl (C=O) groups is 1. The van der Waals surface area contributed by atoms with Crippen LogP contribution < -0.4 is 11.1 Å². The Morgan fingerprint density at radius 2 is 1.91 bits per heavy atom. The molecule has 1 heterocycles. The predicted octanol–water partition coefficient (Wildman–Crippen LogP) is 2.53. The lowest BCUT2D eigenvalue weighted by atomic mass is 9.87. The van der Waals surface area contributed by atoms with Crippen LogP contribution in [0.5, 0.6) is 0 Å². The predicted molar refractivity (Wildman–Crippen MR) is 91.2 cm³/mol. The highest BCUT2D eigenvalue weighted by Crippen LogP contribution is 2.22. The second-order valence-electron chi connectivity index (χ2n) is 6.72. The van der Waals surface area contributed by atoms with E-state index in [0.29, 0.717) is 13.1 Å². The first-order valence-corrected chi connectivity index (χ1v) is 7.63. The quantitative estimate of drug-likeness (QED) is 0.893. The molecule has 1 aromatic rings. The van der Waals surface area contributed by atoms with Crippen LogP contribution in [0.25, 0.3) is 0 Å². The normalized spacial score (nSPS) is 21.3. The minimum Gasteiger partial charge on any atom is -0.364 e. The number of rotatable bonds is 4. The Labute approximate surface area is 139 Å². The molecule has 22 heavy (non-hydrogen) atoms. The molecule has 4 nitrogen and oxygen atoms in total. The highest BCUT2D eigenvalue weighted by Gasteiger charge is 2.29. The standard InChI is InChI=1S/C17H26N2O2.ClH/c1-17(2,3)13-6-4-12(5-7-13)11-19-16(20)15-9-8-14(10-18)21-15;/h4-7,14-15H,8-11,18H2,1-3H3,(H,19,20);1H/t14-,15+;/m1./s1. The Balaban J connectivity index is 0.00000242. The fourth-order valence-electron chi connectivity index (χ4n) is 2.50. The SMILES string of the molecule is CC(C)(C)c1ccc(CNC(=O)[C@@H]2CC[C@H](CN)O2)cc1.Cl. The summed E-state index contributed by atoms with van der Waals surface area (Å²) in [4.78, 5) is 12.0. The topological polar surface area (TPSA) is 64.4 Å². The van der Waals surface area contributed by atoms with Gasteiger partial charge in [0.05, 0.1) is 6.10 Å². The van der Waals surface area contributed by atoms with Crippen LogP contribution in [0.1, 0.15) is 44.7 Å². The summed E-state index contributed by atoms with van der Waals surface area (Å²) in [6.07, 6.45) is 1.32. The van der Waals surface area contributed by atoms with Crippen molar-refractivity contribution < 1.29 is 9.53 Å². The first-order valence-electron chi connectivity index (χ1n) is 7.63. The van der Waals surface area contributed by atoms with E-state index in [0.717, 1.165) is 18.4 Å². The molecule has 2 atom stereocenters. The molecule has 124 valence electrons. The molecule has 0 saturated carbocycles. The van der Waals surface area contributed by atoms with E-state index in [1.54, 1.807) is 0 Å². The molecule has 0 radical (unpaired) electrons. The Bertz CT molecular complexity index is 482. The Hall–Kier alpha value is -1.10. The van der Waals surface area contributed by atoms with E-state index in [4.69, 9.17) is 10.5 Å². The molecule has 2 rings (SSSR count). The zero-order chi connectivity index (χ0) is 15.5. The van der Waals surface area contributed by atoms with Gasteiger partial charge in [-0.05, 0) is 29.4 Å². The van der Waals surface area contributed by atoms with Crippen molar-refractivity contribution in [1.29, 1.82) is 0 Å². The Kier molecular flexibility index (Phi) is 6.85. The Morgan fingerprint density at radius 1 is 1.27 bits per heavy atom. The average molecular weight is 327 g/mol. The van der Waals surface area contributed by atoms with Gasteiger partial charge in [0, 0.05) is 13.1 Å². The second-order valence-corrected chi connectivity index (χ2v) is 6.72. The van der Waals surface area contributed by atoms with E-state index in [9.17, 15) is 4.79 Å². The molecule has 1 saturated heterocycles. The van der Waals surface area contributed by atoms with Gasteiger partial charge in [-0.1, -0.05) is 45.0 Å². The third-order valence-electron chi connectivity index (χ3n) is 3.95. The number of benzene rings is 1. The van der Waals surface area contributed by atoms with Gasteiger partial charge in [0.15, 0.2) is 0 Å². The van der Waals surface area contributed by atoms with Gasteiger partial charge in [-0.3, -0.25) is 4.79 Å². The summed E-state index contributed by atoms with van der Waals surface area (Å²) in [5.41, 5.74) is 8.10. The van der Waals surface area contributed by atoms with E-state index < -0.39 is 0 Å². The molecular formula is C17H27ClN2O2. The maximum Gasteiger partial charge on any atom is 0.249 e. The van der Waals surface area contributed by atoms with Crippen LogP contribution in [0.2, 0.25) is 0 Å². The summed E-state index contributed by atoms with van der Waals surface area (Å²) in [7, 11) is 0. The van der Waals surface area contributed by atoms with Gasteiger partial charge in [0.1, 0.15) is 6.10 Å². The zero-order valence-corrected chi connectivity index (χ0v) is 14.4. The fourth-order valence-corrected chi connectivity index (χ4v) is 2.50. The fraction of sp³-hybridized carbons (Fsp3) is 0.588. The van der Waals surface area contributed by atoms with Gasteiger partial charge in [0.2, 0.25) is 5.91 Å². The summed E-state index contributed by atoms with van der Waals surface area (Å²) in [5.74, 6) is -0.0363. The molecular weight excluding hydrogens is 300 g/mol. The number of amides is 1. The summed E-state index contributed by atoms with van der Waals surface area (Å²) in [5, 5.41) is 2.94. The van der Waals surface area contributed by atoms with Gasteiger partial charge in [-0.15, -0.1) is 12.4 Å². The van der Waals surface area contributed by atoms with Gasteiger partial charge in [-0.2, -0.15) is 0 Å². The third kappa shape index (κ3) is 4.97. The largest absolute Gasteiger partial charge is 0.364 e. The van der Waals surface area contributed by atoms with Gasteiger partial charge < -0.3 is 15.8 Å². The summed E-state index contributed by atoms with van der Waals surface area (Å²) < 4.78 is 5.59. The molecule has 0 unspecified atom stereocenters. The van der Waals surface area contributed by atoms with Gasteiger partial charge in [-0.25, -0.2) is 0 Å². The van der Waals surface area contributed by atoms with Crippen molar-refractivity contribution in [2.75, 3.05) is 6.54 Å². The number of hydrogen-bond acceptors (Lipinski definition) is 3. The van der Waals surface area contributed by atoms with E-state index in [1.807, 2.05) is 0 Å². The van der Waals surface area contributed by atoms with Crippen molar-refractivity contribution in [2.45, 2.75) is 57.8 Å². The molecule has 0 spiro atoms. The first-order chi connectivity index (χ1) is 9.90. The number of hydrogen-bond donors (Lipinski definition) is 2. The molecule has 1 amide bonds.